The van der Waals surface area contributed by atoms with Gasteiger partial charge in [0.05, 0.1) is 10.4 Å². The average molecular weight is 538 g/mol. The summed E-state index contributed by atoms with van der Waals surface area (Å²) in [5, 5.41) is 6.64. The van der Waals surface area contributed by atoms with Gasteiger partial charge in [-0.2, -0.15) is 0 Å². The molecule has 1 aliphatic carbocycles. The molecule has 9 nitrogen and oxygen atoms in total. The molecular formula is C28H35N5O4S. The molecule has 1 aromatic heterocycles. The minimum Gasteiger partial charge on any atom is -0.337 e. The van der Waals surface area contributed by atoms with Gasteiger partial charge in [0, 0.05) is 25.0 Å². The Labute approximate surface area is 224 Å². The van der Waals surface area contributed by atoms with Crippen LogP contribution in [-0.2, 0) is 16.4 Å². The molecule has 1 aliphatic rings. The number of hydrogen-bond acceptors (Lipinski definition) is 5. The summed E-state index contributed by atoms with van der Waals surface area (Å²) in [6.07, 6.45) is 4.16. The van der Waals surface area contributed by atoms with E-state index in [0.29, 0.717) is 18.8 Å². The van der Waals surface area contributed by atoms with Crippen molar-refractivity contribution in [2.45, 2.75) is 56.9 Å². The highest BCUT2D eigenvalue weighted by Gasteiger charge is 2.28. The average Bonchev–Trinajstić information content (AvgIpc) is 2.89. The van der Waals surface area contributed by atoms with Crippen molar-refractivity contribution in [1.82, 2.24) is 20.3 Å². The van der Waals surface area contributed by atoms with E-state index in [4.69, 9.17) is 0 Å². The lowest BCUT2D eigenvalue weighted by atomic mass is 9.76. The summed E-state index contributed by atoms with van der Waals surface area (Å²) in [7, 11) is -2.33. The van der Waals surface area contributed by atoms with Gasteiger partial charge in [0.1, 0.15) is 5.82 Å². The predicted molar refractivity (Wildman–Crippen MR) is 149 cm³/mol. The number of urea groups is 2. The van der Waals surface area contributed by atoms with E-state index in [1.165, 1.54) is 17.0 Å². The zero-order valence-corrected chi connectivity index (χ0v) is 22.8. The van der Waals surface area contributed by atoms with Crippen molar-refractivity contribution in [1.29, 1.82) is 0 Å². The molecule has 2 aromatic carbocycles. The number of rotatable bonds is 7. The summed E-state index contributed by atoms with van der Waals surface area (Å²) >= 11 is 0. The first-order valence-electron chi connectivity index (χ1n) is 12.8. The maximum Gasteiger partial charge on any atom is 0.328 e. The number of hydrogen-bond donors (Lipinski definition) is 3. The Hall–Kier alpha value is -3.66. The predicted octanol–water partition coefficient (Wildman–Crippen LogP) is 4.58. The zero-order chi connectivity index (χ0) is 27.3. The lowest BCUT2D eigenvalue weighted by Gasteiger charge is -2.34. The number of carbonyl (C=O) groups is 2. The Morgan fingerprint density at radius 3 is 2.39 bits per heavy atom. The van der Waals surface area contributed by atoms with Crippen molar-refractivity contribution in [2.75, 3.05) is 18.5 Å². The largest absolute Gasteiger partial charge is 0.337 e. The summed E-state index contributed by atoms with van der Waals surface area (Å²) in [6.45, 7) is 4.77. The van der Waals surface area contributed by atoms with Crippen LogP contribution >= 0.6 is 0 Å². The molecule has 1 saturated carbocycles. The van der Waals surface area contributed by atoms with E-state index in [2.05, 4.69) is 34.2 Å². The molecule has 1 heterocycles. The highest BCUT2D eigenvalue weighted by atomic mass is 32.2. The molecule has 0 atom stereocenters. The van der Waals surface area contributed by atoms with Gasteiger partial charge in [-0.05, 0) is 73.4 Å². The molecule has 0 aliphatic heterocycles. The van der Waals surface area contributed by atoms with Crippen molar-refractivity contribution in [3.8, 4) is 0 Å². The van der Waals surface area contributed by atoms with Gasteiger partial charge in [0.25, 0.3) is 10.0 Å². The van der Waals surface area contributed by atoms with Crippen LogP contribution in [0, 0.1) is 5.41 Å². The Morgan fingerprint density at radius 1 is 1.00 bits per heavy atom. The van der Waals surface area contributed by atoms with Crippen LogP contribution in [0.15, 0.2) is 65.6 Å². The lowest BCUT2D eigenvalue weighted by molar-refractivity contribution is 0.200. The van der Waals surface area contributed by atoms with Gasteiger partial charge in [-0.25, -0.2) is 27.7 Å². The number of para-hydroxylation sites is 1. The fourth-order valence-electron chi connectivity index (χ4n) is 4.55. The number of sulfonamides is 1. The van der Waals surface area contributed by atoms with E-state index in [1.54, 1.807) is 25.2 Å². The van der Waals surface area contributed by atoms with Gasteiger partial charge < -0.3 is 10.6 Å². The molecule has 3 aromatic rings. The summed E-state index contributed by atoms with van der Waals surface area (Å²) in [5.74, 6) is 0.541. The van der Waals surface area contributed by atoms with Gasteiger partial charge in [0.2, 0.25) is 0 Å². The van der Waals surface area contributed by atoms with Gasteiger partial charge in [-0.3, -0.25) is 4.90 Å². The van der Waals surface area contributed by atoms with Crippen LogP contribution in [-0.4, -0.2) is 45.1 Å². The number of aromatic nitrogens is 1. The van der Waals surface area contributed by atoms with E-state index in [1.807, 2.05) is 30.3 Å². The van der Waals surface area contributed by atoms with E-state index < -0.39 is 16.1 Å². The number of nitrogens with one attached hydrogen (secondary N) is 3. The molecule has 38 heavy (non-hydrogen) atoms. The molecule has 0 spiro atoms. The van der Waals surface area contributed by atoms with Crippen LogP contribution in [0.5, 0.6) is 0 Å². The lowest BCUT2D eigenvalue weighted by Crippen LogP contribution is -2.46. The zero-order valence-electron chi connectivity index (χ0n) is 22.0. The number of carbonyl (C=O) groups excluding carboxylic acids is 2. The van der Waals surface area contributed by atoms with E-state index in [0.717, 1.165) is 42.1 Å². The second-order valence-electron chi connectivity index (χ2n) is 10.6. The Balaban J connectivity index is 1.25. The Kier molecular flexibility index (Phi) is 8.20. The third-order valence-electron chi connectivity index (χ3n) is 7.06. The van der Waals surface area contributed by atoms with E-state index in [-0.39, 0.29) is 22.4 Å². The number of amides is 4. The molecule has 0 unspecified atom stereocenters. The number of nitrogens with zero attached hydrogens (tertiary/aromatic N) is 2. The highest BCUT2D eigenvalue weighted by Crippen LogP contribution is 2.35. The summed E-state index contributed by atoms with van der Waals surface area (Å²) < 4.78 is 27.4. The number of fused-ring (bicyclic) bond motifs is 1. The smallest absolute Gasteiger partial charge is 0.328 e. The van der Waals surface area contributed by atoms with Crippen LogP contribution in [0.4, 0.5) is 15.4 Å². The van der Waals surface area contributed by atoms with Crippen molar-refractivity contribution < 1.29 is 18.0 Å². The summed E-state index contributed by atoms with van der Waals surface area (Å²) in [6, 6.07) is 16.7. The molecule has 3 N–H and O–H groups in total. The van der Waals surface area contributed by atoms with Gasteiger partial charge in [-0.15, -0.1) is 0 Å². The van der Waals surface area contributed by atoms with Crippen LogP contribution in [0.2, 0.25) is 0 Å². The van der Waals surface area contributed by atoms with E-state index in [9.17, 15) is 18.0 Å². The monoisotopic (exact) mass is 537 g/mol. The minimum absolute atomic E-state index is 0.00678. The fraction of sp³-hybridized carbons (Fsp3) is 0.393. The maximum atomic E-state index is 12.7. The van der Waals surface area contributed by atoms with Gasteiger partial charge in [-0.1, -0.05) is 44.2 Å². The summed E-state index contributed by atoms with van der Waals surface area (Å²) in [5.41, 5.74) is 1.92. The quantitative estimate of drug-likeness (QED) is 0.407. The number of pyridine rings is 1. The molecule has 10 heteroatoms. The first-order valence-corrected chi connectivity index (χ1v) is 14.3. The molecule has 202 valence electrons. The van der Waals surface area contributed by atoms with Crippen molar-refractivity contribution in [2.24, 2.45) is 5.41 Å². The third kappa shape index (κ3) is 7.00. The molecule has 4 amide bonds. The molecule has 0 bridgehead atoms. The summed E-state index contributed by atoms with van der Waals surface area (Å²) in [4.78, 5) is 30.9. The maximum absolute atomic E-state index is 12.7. The number of anilines is 1. The SMILES string of the molecule is CN(C(=O)NCCc1ccc(S(=O)(=O)NC(=O)NC2CCC(C)(C)CC2)cc1)c1ccc2ccccc2n1. The molecule has 1 fully saturated rings. The van der Waals surface area contributed by atoms with Crippen LogP contribution in [0.1, 0.15) is 45.1 Å². The van der Waals surface area contributed by atoms with Crippen molar-refractivity contribution in [3.63, 3.8) is 0 Å². The molecular weight excluding hydrogens is 502 g/mol. The fourth-order valence-corrected chi connectivity index (χ4v) is 5.47. The normalized spacial score (nSPS) is 15.6. The molecule has 0 radical (unpaired) electrons. The first-order chi connectivity index (χ1) is 18.0. The topological polar surface area (TPSA) is 121 Å². The van der Waals surface area contributed by atoms with E-state index >= 15 is 0 Å². The van der Waals surface area contributed by atoms with Crippen molar-refractivity contribution >= 4 is 38.8 Å². The molecule has 0 saturated heterocycles. The van der Waals surface area contributed by atoms with Gasteiger partial charge >= 0.3 is 12.1 Å². The van der Waals surface area contributed by atoms with Crippen LogP contribution in [0.25, 0.3) is 10.9 Å². The highest BCUT2D eigenvalue weighted by molar-refractivity contribution is 7.90. The van der Waals surface area contributed by atoms with Gasteiger partial charge in [0.15, 0.2) is 0 Å². The second kappa shape index (κ2) is 11.4. The Morgan fingerprint density at radius 2 is 1.68 bits per heavy atom. The third-order valence-corrected chi connectivity index (χ3v) is 8.40. The first kappa shape index (κ1) is 27.4. The second-order valence-corrected chi connectivity index (χ2v) is 12.2. The van der Waals surface area contributed by atoms with Crippen LogP contribution in [0.3, 0.4) is 0 Å². The molecule has 4 rings (SSSR count). The van der Waals surface area contributed by atoms with Crippen LogP contribution < -0.4 is 20.3 Å². The van der Waals surface area contributed by atoms with Crippen molar-refractivity contribution in [3.05, 3.63) is 66.2 Å². The Bertz CT molecular complexity index is 1400. The minimum atomic E-state index is -3.99. The number of benzene rings is 2. The standard InChI is InChI=1S/C28H35N5O4S/c1-28(2)17-14-22(15-18-28)30-26(34)32-38(36,37)23-11-8-20(9-12-23)16-19-29-27(35)33(3)25-13-10-21-6-4-5-7-24(21)31-25/h4-13,22H,14-19H2,1-3H3,(H,29,35)(H2,30,32,34).